The number of aryl methyl sites for hydroxylation is 1. The zero-order valence-electron chi connectivity index (χ0n) is 15.9. The number of carbonyl (C=O) groups is 1. The Bertz CT molecular complexity index is 471. The second-order valence-corrected chi connectivity index (χ2v) is 7.87. The van der Waals surface area contributed by atoms with Gasteiger partial charge in [-0.25, -0.2) is 0 Å². The number of benzene rings is 1. The third kappa shape index (κ3) is 7.65. The van der Waals surface area contributed by atoms with E-state index in [0.717, 1.165) is 38.9 Å². The van der Waals surface area contributed by atoms with Crippen molar-refractivity contribution in [3.05, 3.63) is 35.4 Å². The van der Waals surface area contributed by atoms with Gasteiger partial charge in [0.2, 0.25) is 5.91 Å². The molecule has 130 valence electrons. The van der Waals surface area contributed by atoms with E-state index in [2.05, 4.69) is 59.1 Å². The van der Waals surface area contributed by atoms with Gasteiger partial charge in [-0.2, -0.15) is 0 Å². The van der Waals surface area contributed by atoms with Gasteiger partial charge in [-0.3, -0.25) is 4.79 Å². The summed E-state index contributed by atoms with van der Waals surface area (Å²) in [5.74, 6) is 0.196. The van der Waals surface area contributed by atoms with Gasteiger partial charge in [0.15, 0.2) is 0 Å². The molecule has 0 aliphatic carbocycles. The predicted molar refractivity (Wildman–Crippen MR) is 98.0 cm³/mol. The smallest absolute Gasteiger partial charge is 0.219 e. The van der Waals surface area contributed by atoms with Gasteiger partial charge in [-0.1, -0.05) is 45.0 Å². The average molecular weight is 320 g/mol. The van der Waals surface area contributed by atoms with Gasteiger partial charge in [-0.15, -0.1) is 0 Å². The highest BCUT2D eigenvalue weighted by Crippen LogP contribution is 2.22. The number of nitrogens with one attached hydrogen (secondary N) is 1. The second-order valence-electron chi connectivity index (χ2n) is 7.87. The fourth-order valence-corrected chi connectivity index (χ4v) is 2.70. The zero-order valence-corrected chi connectivity index (χ0v) is 15.9. The van der Waals surface area contributed by atoms with E-state index in [1.807, 2.05) is 4.90 Å². The number of nitrogens with zero attached hydrogens (tertiary/aromatic N) is 1. The molecule has 1 amide bonds. The Balaban J connectivity index is 2.42. The molecule has 0 radical (unpaired) electrons. The van der Waals surface area contributed by atoms with Crippen molar-refractivity contribution in [2.45, 2.75) is 52.4 Å². The summed E-state index contributed by atoms with van der Waals surface area (Å²) in [6.45, 7) is 11.2. The molecule has 0 bridgehead atoms. The highest BCUT2D eigenvalue weighted by atomic mass is 16.2. The maximum absolute atomic E-state index is 11.7. The van der Waals surface area contributed by atoms with Crippen LogP contribution >= 0.6 is 0 Å². The molecule has 0 fully saturated rings. The summed E-state index contributed by atoms with van der Waals surface area (Å²) < 4.78 is 0. The summed E-state index contributed by atoms with van der Waals surface area (Å²) in [5.41, 5.74) is 2.94. The van der Waals surface area contributed by atoms with E-state index in [-0.39, 0.29) is 11.3 Å². The van der Waals surface area contributed by atoms with Gasteiger partial charge in [0.25, 0.3) is 0 Å². The van der Waals surface area contributed by atoms with Gasteiger partial charge in [0.1, 0.15) is 0 Å². The van der Waals surface area contributed by atoms with E-state index in [1.165, 1.54) is 16.0 Å². The number of amides is 1. The number of hydrogen-bond acceptors (Lipinski definition) is 1. The molecule has 0 aliphatic heterocycles. The first-order chi connectivity index (χ1) is 10.7. The lowest BCUT2D eigenvalue weighted by atomic mass is 9.86. The normalized spacial score (nSPS) is 11.8. The molecular formula is C20H35N2O+. The molecule has 0 aliphatic rings. The molecular weight excluding hydrogens is 284 g/mol. The van der Waals surface area contributed by atoms with Crippen LogP contribution in [0.15, 0.2) is 24.3 Å². The first-order valence-electron chi connectivity index (χ1n) is 8.84. The van der Waals surface area contributed by atoms with Gasteiger partial charge in [-0.05, 0) is 29.4 Å². The van der Waals surface area contributed by atoms with Crippen LogP contribution in [0.5, 0.6) is 0 Å². The largest absolute Gasteiger partial charge is 0.343 e. The molecule has 0 saturated heterocycles. The zero-order chi connectivity index (χ0) is 17.5. The summed E-state index contributed by atoms with van der Waals surface area (Å²) in [5, 5.41) is 0. The van der Waals surface area contributed by atoms with Crippen LogP contribution in [0.4, 0.5) is 0 Å². The van der Waals surface area contributed by atoms with E-state index in [0.29, 0.717) is 0 Å². The van der Waals surface area contributed by atoms with Gasteiger partial charge in [0, 0.05) is 26.4 Å². The molecule has 3 heteroatoms. The Morgan fingerprint density at radius 3 is 2.09 bits per heavy atom. The molecule has 1 aromatic rings. The maximum atomic E-state index is 11.7. The average Bonchev–Trinajstić information content (AvgIpc) is 2.44. The van der Waals surface area contributed by atoms with Crippen LogP contribution in [0.1, 0.15) is 51.7 Å². The first kappa shape index (κ1) is 19.7. The molecule has 0 heterocycles. The Labute approximate surface area is 142 Å². The number of quaternary nitrogens is 1. The molecule has 1 aromatic carbocycles. The third-order valence-electron chi connectivity index (χ3n) is 4.26. The summed E-state index contributed by atoms with van der Waals surface area (Å²) >= 11 is 0. The second kappa shape index (κ2) is 9.07. The molecule has 0 saturated carbocycles. The minimum atomic E-state index is 0.196. The molecule has 0 spiro atoms. The quantitative estimate of drug-likeness (QED) is 0.781. The van der Waals surface area contributed by atoms with Crippen molar-refractivity contribution in [3.63, 3.8) is 0 Å². The standard InChI is InChI=1S/C20H34N2O/c1-17(23)22(16-8-14-21(5)6)15-7-9-18-10-12-19(13-11-18)20(2,3)4/h10-13H,7-9,14-16H2,1-6H3/p+1. The minimum Gasteiger partial charge on any atom is -0.343 e. The maximum Gasteiger partial charge on any atom is 0.219 e. The van der Waals surface area contributed by atoms with Crippen LogP contribution in [0.25, 0.3) is 0 Å². The lowest BCUT2D eigenvalue weighted by Gasteiger charge is -2.22. The monoisotopic (exact) mass is 319 g/mol. The van der Waals surface area contributed by atoms with Gasteiger partial charge < -0.3 is 9.80 Å². The van der Waals surface area contributed by atoms with Crippen molar-refractivity contribution < 1.29 is 9.69 Å². The Morgan fingerprint density at radius 2 is 1.61 bits per heavy atom. The topological polar surface area (TPSA) is 24.8 Å². The van der Waals surface area contributed by atoms with E-state index in [4.69, 9.17) is 0 Å². The number of rotatable bonds is 8. The number of carbonyl (C=O) groups excluding carboxylic acids is 1. The first-order valence-corrected chi connectivity index (χ1v) is 8.84. The fraction of sp³-hybridized carbons (Fsp3) is 0.650. The molecule has 0 unspecified atom stereocenters. The van der Waals surface area contributed by atoms with Crippen LogP contribution in [-0.2, 0) is 16.6 Å². The third-order valence-corrected chi connectivity index (χ3v) is 4.26. The van der Waals surface area contributed by atoms with Crippen LogP contribution < -0.4 is 4.90 Å². The molecule has 23 heavy (non-hydrogen) atoms. The SMILES string of the molecule is CC(=O)N(CCCc1ccc(C(C)(C)C)cc1)CCC[NH+](C)C. The van der Waals surface area contributed by atoms with Crippen LogP contribution in [0.3, 0.4) is 0 Å². The van der Waals surface area contributed by atoms with Crippen molar-refractivity contribution >= 4 is 5.91 Å². The van der Waals surface area contributed by atoms with Crippen molar-refractivity contribution in [2.75, 3.05) is 33.7 Å². The minimum absolute atomic E-state index is 0.196. The molecule has 3 nitrogen and oxygen atoms in total. The fourth-order valence-electron chi connectivity index (χ4n) is 2.70. The summed E-state index contributed by atoms with van der Waals surface area (Å²) in [6, 6.07) is 8.93. The van der Waals surface area contributed by atoms with Crippen molar-refractivity contribution in [3.8, 4) is 0 Å². The highest BCUT2D eigenvalue weighted by molar-refractivity contribution is 5.73. The van der Waals surface area contributed by atoms with E-state index in [9.17, 15) is 4.79 Å². The summed E-state index contributed by atoms with van der Waals surface area (Å²) in [4.78, 5) is 15.2. The van der Waals surface area contributed by atoms with Crippen molar-refractivity contribution in [2.24, 2.45) is 0 Å². The molecule has 1 rings (SSSR count). The Morgan fingerprint density at radius 1 is 1.04 bits per heavy atom. The van der Waals surface area contributed by atoms with Crippen LogP contribution in [-0.4, -0.2) is 44.5 Å². The predicted octanol–water partition coefficient (Wildman–Crippen LogP) is 2.30. The lowest BCUT2D eigenvalue weighted by Crippen LogP contribution is -3.05. The molecule has 0 aromatic heterocycles. The van der Waals surface area contributed by atoms with Crippen LogP contribution in [0, 0.1) is 0 Å². The Hall–Kier alpha value is -1.35. The van der Waals surface area contributed by atoms with Crippen molar-refractivity contribution in [1.82, 2.24) is 4.90 Å². The lowest BCUT2D eigenvalue weighted by molar-refractivity contribution is -0.858. The Kier molecular flexibility index (Phi) is 7.77. The molecule has 0 atom stereocenters. The number of hydrogen-bond donors (Lipinski definition) is 1. The highest BCUT2D eigenvalue weighted by Gasteiger charge is 2.13. The van der Waals surface area contributed by atoms with Gasteiger partial charge >= 0.3 is 0 Å². The molecule has 1 N–H and O–H groups in total. The van der Waals surface area contributed by atoms with Crippen molar-refractivity contribution in [1.29, 1.82) is 0 Å². The van der Waals surface area contributed by atoms with E-state index >= 15 is 0 Å². The van der Waals surface area contributed by atoms with E-state index in [1.54, 1.807) is 6.92 Å². The van der Waals surface area contributed by atoms with E-state index < -0.39 is 0 Å². The van der Waals surface area contributed by atoms with Gasteiger partial charge in [0.05, 0.1) is 20.6 Å². The summed E-state index contributed by atoms with van der Waals surface area (Å²) in [6.07, 6.45) is 3.14. The summed E-state index contributed by atoms with van der Waals surface area (Å²) in [7, 11) is 4.30. The van der Waals surface area contributed by atoms with Crippen LogP contribution in [0.2, 0.25) is 0 Å².